The Hall–Kier alpha value is -1.93. The van der Waals surface area contributed by atoms with Gasteiger partial charge in [-0.1, -0.05) is 24.8 Å². The van der Waals surface area contributed by atoms with Gasteiger partial charge in [-0.05, 0) is 19.1 Å². The highest BCUT2D eigenvalue weighted by Gasteiger charge is 2.05. The molecule has 7 nitrogen and oxygen atoms in total. The van der Waals surface area contributed by atoms with Crippen molar-refractivity contribution in [3.8, 4) is 5.75 Å². The Morgan fingerprint density at radius 1 is 1.17 bits per heavy atom. The summed E-state index contributed by atoms with van der Waals surface area (Å²) in [5.41, 5.74) is 0.176. The lowest BCUT2D eigenvalue weighted by Crippen LogP contribution is -2.23. The molecule has 0 aliphatic rings. The zero-order valence-electron chi connectivity index (χ0n) is 13.2. The van der Waals surface area contributed by atoms with Crippen molar-refractivity contribution < 1.29 is 34.3 Å². The lowest BCUT2D eigenvalue weighted by Gasteiger charge is -2.13. The third-order valence-corrected chi connectivity index (χ3v) is 2.25. The fraction of sp³-hybridized carbons (Fsp3) is 0.438. The van der Waals surface area contributed by atoms with Crippen LogP contribution in [0.15, 0.2) is 42.5 Å². The van der Waals surface area contributed by atoms with Gasteiger partial charge in [0.25, 0.3) is 0 Å². The lowest BCUT2D eigenvalue weighted by atomic mass is 10.3. The molecule has 1 rings (SSSR count). The summed E-state index contributed by atoms with van der Waals surface area (Å²) in [5, 5.41) is 25.8. The first-order valence-electron chi connectivity index (χ1n) is 7.02. The average molecular weight is 328 g/mol. The molecule has 7 heteroatoms. The van der Waals surface area contributed by atoms with E-state index in [2.05, 4.69) is 6.58 Å². The van der Waals surface area contributed by atoms with Crippen LogP contribution < -0.4 is 4.74 Å². The fourth-order valence-corrected chi connectivity index (χ4v) is 1.16. The Bertz CT molecular complexity index is 421. The minimum Gasteiger partial charge on any atom is -0.478 e. The number of para-hydroxylation sites is 1. The van der Waals surface area contributed by atoms with Gasteiger partial charge < -0.3 is 29.5 Å². The maximum Gasteiger partial charge on any atom is 0.330 e. The minimum absolute atomic E-state index is 0.000255. The molecular formula is C16H24O7. The van der Waals surface area contributed by atoms with Crippen molar-refractivity contribution in [3.63, 3.8) is 0 Å². The molecule has 130 valence electrons. The number of carbonyl (C=O) groups is 1. The summed E-state index contributed by atoms with van der Waals surface area (Å²) < 4.78 is 15.3. The standard InChI is InChI=1S/C12H18O5.C4H6O2/c13-6-7-15-8-9-16-10-12(14)17-11-4-2-1-3-5-11;1-3(2)4(5)6/h1-5,12-14H,6-10H2;1H2,2H3,(H,5,6). The first-order chi connectivity index (χ1) is 11.0. The molecule has 0 heterocycles. The van der Waals surface area contributed by atoms with Crippen molar-refractivity contribution in [2.24, 2.45) is 0 Å². The van der Waals surface area contributed by atoms with E-state index >= 15 is 0 Å². The third kappa shape index (κ3) is 13.5. The highest BCUT2D eigenvalue weighted by molar-refractivity contribution is 5.84. The second-order valence-corrected chi connectivity index (χ2v) is 4.38. The number of hydrogen-bond donors (Lipinski definition) is 3. The predicted molar refractivity (Wildman–Crippen MR) is 84.3 cm³/mol. The normalized spacial score (nSPS) is 11.1. The molecule has 0 saturated heterocycles. The van der Waals surface area contributed by atoms with Crippen LogP contribution in [0.25, 0.3) is 0 Å². The molecule has 0 aromatic heterocycles. The molecule has 1 unspecified atom stereocenters. The Balaban J connectivity index is 0.000000688. The van der Waals surface area contributed by atoms with E-state index in [1.54, 1.807) is 12.1 Å². The third-order valence-electron chi connectivity index (χ3n) is 2.25. The van der Waals surface area contributed by atoms with Crippen molar-refractivity contribution in [2.45, 2.75) is 13.2 Å². The van der Waals surface area contributed by atoms with E-state index in [0.717, 1.165) is 0 Å². The zero-order valence-corrected chi connectivity index (χ0v) is 13.2. The summed E-state index contributed by atoms with van der Waals surface area (Å²) >= 11 is 0. The van der Waals surface area contributed by atoms with Crippen LogP contribution in [0.4, 0.5) is 0 Å². The number of rotatable bonds is 10. The predicted octanol–water partition coefficient (Wildman–Crippen LogP) is 1.06. The molecule has 0 spiro atoms. The number of aliphatic carboxylic acids is 1. The molecule has 0 amide bonds. The first kappa shape index (κ1) is 21.1. The van der Waals surface area contributed by atoms with Crippen LogP contribution in [-0.4, -0.2) is 60.6 Å². The summed E-state index contributed by atoms with van der Waals surface area (Å²) in [6.07, 6.45) is -0.991. The van der Waals surface area contributed by atoms with E-state index in [0.29, 0.717) is 25.6 Å². The van der Waals surface area contributed by atoms with Crippen molar-refractivity contribution in [1.82, 2.24) is 0 Å². The Kier molecular flexibility index (Phi) is 12.6. The number of benzene rings is 1. The van der Waals surface area contributed by atoms with E-state index in [1.165, 1.54) is 6.92 Å². The molecule has 0 aliphatic carbocycles. The van der Waals surface area contributed by atoms with Crippen molar-refractivity contribution >= 4 is 5.97 Å². The van der Waals surface area contributed by atoms with Crippen LogP contribution in [-0.2, 0) is 14.3 Å². The van der Waals surface area contributed by atoms with Crippen molar-refractivity contribution in [1.29, 1.82) is 0 Å². The summed E-state index contributed by atoms with van der Waals surface area (Å²) in [4.78, 5) is 9.60. The number of aliphatic hydroxyl groups excluding tert-OH is 2. The number of ether oxygens (including phenoxy) is 3. The Morgan fingerprint density at radius 3 is 2.26 bits per heavy atom. The first-order valence-corrected chi connectivity index (χ1v) is 7.02. The number of carboxylic acids is 1. The second-order valence-electron chi connectivity index (χ2n) is 4.38. The van der Waals surface area contributed by atoms with Gasteiger partial charge in [-0.25, -0.2) is 4.79 Å². The highest BCUT2D eigenvalue weighted by Crippen LogP contribution is 2.09. The summed E-state index contributed by atoms with van der Waals surface area (Å²) in [7, 11) is 0. The van der Waals surface area contributed by atoms with E-state index < -0.39 is 12.3 Å². The van der Waals surface area contributed by atoms with E-state index in [4.69, 9.17) is 24.4 Å². The maximum atomic E-state index is 9.60. The lowest BCUT2D eigenvalue weighted by molar-refractivity contribution is -0.132. The quantitative estimate of drug-likeness (QED) is 0.335. The summed E-state index contributed by atoms with van der Waals surface area (Å²) in [5.74, 6) is -0.338. The van der Waals surface area contributed by atoms with Gasteiger partial charge in [-0.3, -0.25) is 0 Å². The molecule has 1 aromatic rings. The summed E-state index contributed by atoms with van der Waals surface area (Å²) in [6.45, 7) is 5.72. The minimum atomic E-state index is -0.991. The fourth-order valence-electron chi connectivity index (χ4n) is 1.16. The van der Waals surface area contributed by atoms with Crippen LogP contribution in [0.5, 0.6) is 5.75 Å². The zero-order chi connectivity index (χ0) is 17.5. The molecule has 3 N–H and O–H groups in total. The van der Waals surface area contributed by atoms with Crippen LogP contribution in [0, 0.1) is 0 Å². The Labute approximate surface area is 135 Å². The molecular weight excluding hydrogens is 304 g/mol. The summed E-state index contributed by atoms with van der Waals surface area (Å²) in [6, 6.07) is 9.03. The Morgan fingerprint density at radius 2 is 1.74 bits per heavy atom. The number of hydrogen-bond acceptors (Lipinski definition) is 6. The van der Waals surface area contributed by atoms with Crippen LogP contribution in [0.1, 0.15) is 6.92 Å². The van der Waals surface area contributed by atoms with Gasteiger partial charge in [0.2, 0.25) is 6.29 Å². The smallest absolute Gasteiger partial charge is 0.330 e. The van der Waals surface area contributed by atoms with Gasteiger partial charge in [-0.2, -0.15) is 0 Å². The molecule has 0 fully saturated rings. The van der Waals surface area contributed by atoms with Gasteiger partial charge in [0.1, 0.15) is 12.4 Å². The topological polar surface area (TPSA) is 105 Å². The van der Waals surface area contributed by atoms with Gasteiger partial charge in [0.15, 0.2) is 0 Å². The van der Waals surface area contributed by atoms with Crippen LogP contribution in [0.2, 0.25) is 0 Å². The maximum absolute atomic E-state index is 9.60. The highest BCUT2D eigenvalue weighted by atomic mass is 16.6. The van der Waals surface area contributed by atoms with E-state index in [-0.39, 0.29) is 18.8 Å². The SMILES string of the molecule is C=C(C)C(=O)O.OCCOCCOCC(O)Oc1ccccc1. The molecule has 0 bridgehead atoms. The second kappa shape index (κ2) is 13.7. The molecule has 23 heavy (non-hydrogen) atoms. The van der Waals surface area contributed by atoms with Crippen molar-refractivity contribution in [3.05, 3.63) is 42.5 Å². The molecule has 1 aromatic carbocycles. The van der Waals surface area contributed by atoms with E-state index in [1.807, 2.05) is 18.2 Å². The van der Waals surface area contributed by atoms with Crippen LogP contribution in [0.3, 0.4) is 0 Å². The molecule has 0 radical (unpaired) electrons. The van der Waals surface area contributed by atoms with Gasteiger partial charge in [0.05, 0.1) is 26.4 Å². The van der Waals surface area contributed by atoms with Crippen molar-refractivity contribution in [2.75, 3.05) is 33.0 Å². The molecule has 0 saturated carbocycles. The molecule has 1 atom stereocenters. The average Bonchev–Trinajstić information content (AvgIpc) is 2.52. The molecule has 0 aliphatic heterocycles. The largest absolute Gasteiger partial charge is 0.478 e. The van der Waals surface area contributed by atoms with E-state index in [9.17, 15) is 9.90 Å². The van der Waals surface area contributed by atoms with Gasteiger partial charge in [0, 0.05) is 5.57 Å². The monoisotopic (exact) mass is 328 g/mol. The van der Waals surface area contributed by atoms with Gasteiger partial charge >= 0.3 is 5.97 Å². The van der Waals surface area contributed by atoms with Crippen LogP contribution >= 0.6 is 0 Å². The number of carboxylic acid groups (broad SMARTS) is 1. The van der Waals surface area contributed by atoms with Gasteiger partial charge in [-0.15, -0.1) is 0 Å². The number of aliphatic hydroxyl groups is 2.